The lowest BCUT2D eigenvalue weighted by Gasteiger charge is -2.30. The first-order valence-corrected chi connectivity index (χ1v) is 4.85. The van der Waals surface area contributed by atoms with E-state index < -0.39 is 0 Å². The van der Waals surface area contributed by atoms with Crippen molar-refractivity contribution in [3.63, 3.8) is 0 Å². The number of carbonyl (C=O) groups excluding carboxylic acids is 1. The molecule has 0 bridgehead atoms. The zero-order chi connectivity index (χ0) is 9.14. The van der Waals surface area contributed by atoms with Crippen molar-refractivity contribution in [2.75, 3.05) is 7.05 Å². The number of hydrogen-bond acceptors (Lipinski definition) is 1. The van der Waals surface area contributed by atoms with E-state index in [1.165, 1.54) is 6.42 Å². The normalized spacial score (nSPS) is 36.1. The maximum absolute atomic E-state index is 11.3. The minimum Gasteiger partial charge on any atom is -0.359 e. The second-order valence-electron chi connectivity index (χ2n) is 4.23. The molecule has 0 saturated heterocycles. The lowest BCUT2D eigenvalue weighted by atomic mass is 9.76. The fourth-order valence-corrected chi connectivity index (χ4v) is 2.37. The molecule has 3 atom stereocenters. The minimum absolute atomic E-state index is 0.230. The van der Waals surface area contributed by atoms with Crippen LogP contribution in [0.15, 0.2) is 0 Å². The van der Waals surface area contributed by atoms with Gasteiger partial charge in [0.2, 0.25) is 5.91 Å². The quantitative estimate of drug-likeness (QED) is 0.637. The van der Waals surface area contributed by atoms with Crippen molar-refractivity contribution in [3.05, 3.63) is 0 Å². The van der Waals surface area contributed by atoms with Crippen LogP contribution >= 0.6 is 0 Å². The molecule has 0 radical (unpaired) electrons. The first-order chi connectivity index (χ1) is 5.63. The molecule has 1 unspecified atom stereocenters. The summed E-state index contributed by atoms with van der Waals surface area (Å²) >= 11 is 0. The highest BCUT2D eigenvalue weighted by Crippen LogP contribution is 2.32. The van der Waals surface area contributed by atoms with Gasteiger partial charge in [-0.2, -0.15) is 0 Å². The van der Waals surface area contributed by atoms with Crippen LogP contribution in [0.5, 0.6) is 0 Å². The highest BCUT2D eigenvalue weighted by molar-refractivity contribution is 5.78. The fraction of sp³-hybridized carbons (Fsp3) is 0.900. The molecule has 1 aliphatic carbocycles. The molecule has 2 heteroatoms. The Hall–Kier alpha value is -0.530. The number of carbonyl (C=O) groups is 1. The molecular formula is C10H19NO. The van der Waals surface area contributed by atoms with Crippen molar-refractivity contribution < 1.29 is 4.79 Å². The summed E-state index contributed by atoms with van der Waals surface area (Å²) in [6, 6.07) is 0. The third kappa shape index (κ3) is 2.23. The van der Waals surface area contributed by atoms with Crippen molar-refractivity contribution in [1.29, 1.82) is 0 Å². The van der Waals surface area contributed by atoms with Gasteiger partial charge in [0.1, 0.15) is 0 Å². The van der Waals surface area contributed by atoms with E-state index in [4.69, 9.17) is 0 Å². The largest absolute Gasteiger partial charge is 0.359 e. The van der Waals surface area contributed by atoms with Crippen molar-refractivity contribution in [1.82, 2.24) is 5.32 Å². The molecule has 12 heavy (non-hydrogen) atoms. The number of rotatable bonds is 1. The van der Waals surface area contributed by atoms with Crippen LogP contribution in [0.4, 0.5) is 0 Å². The molecular weight excluding hydrogens is 150 g/mol. The topological polar surface area (TPSA) is 29.1 Å². The van der Waals surface area contributed by atoms with Crippen molar-refractivity contribution in [2.45, 2.75) is 33.1 Å². The predicted octanol–water partition coefficient (Wildman–Crippen LogP) is 1.80. The summed E-state index contributed by atoms with van der Waals surface area (Å²) in [5, 5.41) is 2.74. The highest BCUT2D eigenvalue weighted by Gasteiger charge is 2.27. The van der Waals surface area contributed by atoms with Gasteiger partial charge in [0.15, 0.2) is 0 Å². The van der Waals surface area contributed by atoms with Gasteiger partial charge in [0, 0.05) is 13.0 Å². The summed E-state index contributed by atoms with van der Waals surface area (Å²) in [5.41, 5.74) is 0. The van der Waals surface area contributed by atoms with Crippen LogP contribution in [0.1, 0.15) is 33.1 Å². The van der Waals surface area contributed by atoms with E-state index in [-0.39, 0.29) is 11.8 Å². The van der Waals surface area contributed by atoms with Gasteiger partial charge in [0.25, 0.3) is 0 Å². The average Bonchev–Trinajstić information content (AvgIpc) is 2.01. The highest BCUT2D eigenvalue weighted by atomic mass is 16.1. The van der Waals surface area contributed by atoms with E-state index in [1.807, 2.05) is 0 Å². The molecule has 0 aliphatic heterocycles. The molecule has 1 rings (SSSR count). The molecule has 0 aromatic carbocycles. The average molecular weight is 169 g/mol. The van der Waals surface area contributed by atoms with Crippen LogP contribution in [0.2, 0.25) is 0 Å². The van der Waals surface area contributed by atoms with Gasteiger partial charge >= 0.3 is 0 Å². The SMILES string of the molecule is CNC(=O)C1C[C@@H](C)C[C@@H](C)C1. The molecule has 70 valence electrons. The van der Waals surface area contributed by atoms with E-state index >= 15 is 0 Å². The Bertz CT molecular complexity index is 157. The lowest BCUT2D eigenvalue weighted by molar-refractivity contribution is -0.126. The fourth-order valence-electron chi connectivity index (χ4n) is 2.37. The van der Waals surface area contributed by atoms with Gasteiger partial charge in [-0.15, -0.1) is 0 Å². The summed E-state index contributed by atoms with van der Waals surface area (Å²) in [6.07, 6.45) is 3.43. The van der Waals surface area contributed by atoms with Crippen molar-refractivity contribution in [2.24, 2.45) is 17.8 Å². The van der Waals surface area contributed by atoms with Crippen LogP contribution in [-0.2, 0) is 4.79 Å². The second-order valence-corrected chi connectivity index (χ2v) is 4.23. The predicted molar refractivity (Wildman–Crippen MR) is 49.7 cm³/mol. The van der Waals surface area contributed by atoms with Gasteiger partial charge in [-0.3, -0.25) is 4.79 Å². The molecule has 0 heterocycles. The van der Waals surface area contributed by atoms with Crippen LogP contribution in [-0.4, -0.2) is 13.0 Å². The Kier molecular flexibility index (Phi) is 3.12. The molecule has 1 amide bonds. The Morgan fingerprint density at radius 1 is 1.17 bits per heavy atom. The van der Waals surface area contributed by atoms with Gasteiger partial charge < -0.3 is 5.32 Å². The van der Waals surface area contributed by atoms with E-state index in [9.17, 15) is 4.79 Å². The molecule has 1 N–H and O–H groups in total. The van der Waals surface area contributed by atoms with Crippen LogP contribution in [0.3, 0.4) is 0 Å². The second kappa shape index (κ2) is 3.92. The number of amides is 1. The standard InChI is InChI=1S/C10H19NO/c1-7-4-8(2)6-9(5-7)10(12)11-3/h7-9H,4-6H2,1-3H3,(H,11,12)/t7-,8+,9?. The molecule has 0 spiro atoms. The molecule has 0 aromatic rings. The van der Waals surface area contributed by atoms with Gasteiger partial charge in [0.05, 0.1) is 0 Å². The molecule has 0 aromatic heterocycles. The lowest BCUT2D eigenvalue weighted by Crippen LogP contribution is -2.33. The molecule has 1 saturated carbocycles. The zero-order valence-electron chi connectivity index (χ0n) is 8.26. The molecule has 1 aliphatic rings. The van der Waals surface area contributed by atoms with E-state index in [0.717, 1.165) is 24.7 Å². The first-order valence-electron chi connectivity index (χ1n) is 4.85. The number of hydrogen-bond donors (Lipinski definition) is 1. The van der Waals surface area contributed by atoms with Crippen LogP contribution in [0.25, 0.3) is 0 Å². The first kappa shape index (κ1) is 9.56. The van der Waals surface area contributed by atoms with E-state index in [1.54, 1.807) is 7.05 Å². The summed E-state index contributed by atoms with van der Waals surface area (Å²) in [4.78, 5) is 11.3. The third-order valence-corrected chi connectivity index (χ3v) is 2.80. The van der Waals surface area contributed by atoms with Gasteiger partial charge in [-0.1, -0.05) is 13.8 Å². The van der Waals surface area contributed by atoms with Gasteiger partial charge in [-0.05, 0) is 31.1 Å². The Morgan fingerprint density at radius 2 is 1.67 bits per heavy atom. The Labute approximate surface area is 74.7 Å². The maximum atomic E-state index is 11.3. The smallest absolute Gasteiger partial charge is 0.222 e. The van der Waals surface area contributed by atoms with Crippen molar-refractivity contribution >= 4 is 5.91 Å². The molecule has 2 nitrogen and oxygen atoms in total. The summed E-state index contributed by atoms with van der Waals surface area (Å²) in [7, 11) is 1.73. The monoisotopic (exact) mass is 169 g/mol. The Morgan fingerprint density at radius 3 is 2.08 bits per heavy atom. The third-order valence-electron chi connectivity index (χ3n) is 2.80. The summed E-state index contributed by atoms with van der Waals surface area (Å²) < 4.78 is 0. The minimum atomic E-state index is 0.230. The van der Waals surface area contributed by atoms with Crippen LogP contribution < -0.4 is 5.32 Å². The summed E-state index contributed by atoms with van der Waals surface area (Å²) in [5.74, 6) is 1.94. The maximum Gasteiger partial charge on any atom is 0.222 e. The van der Waals surface area contributed by atoms with E-state index in [2.05, 4.69) is 19.2 Å². The zero-order valence-corrected chi connectivity index (χ0v) is 8.26. The molecule has 1 fully saturated rings. The Balaban J connectivity index is 2.49. The van der Waals surface area contributed by atoms with Gasteiger partial charge in [-0.25, -0.2) is 0 Å². The van der Waals surface area contributed by atoms with Crippen molar-refractivity contribution in [3.8, 4) is 0 Å². The summed E-state index contributed by atoms with van der Waals surface area (Å²) in [6.45, 7) is 4.48. The number of nitrogens with one attached hydrogen (secondary N) is 1. The van der Waals surface area contributed by atoms with Crippen LogP contribution in [0, 0.1) is 17.8 Å². The van der Waals surface area contributed by atoms with E-state index in [0.29, 0.717) is 0 Å².